The number of likely N-dealkylation sites (tertiary alicyclic amines) is 1. The summed E-state index contributed by atoms with van der Waals surface area (Å²) < 4.78 is 5.59. The lowest BCUT2D eigenvalue weighted by molar-refractivity contribution is -0.132. The van der Waals surface area contributed by atoms with Gasteiger partial charge in [0.25, 0.3) is 0 Å². The predicted molar refractivity (Wildman–Crippen MR) is 111 cm³/mol. The molecule has 0 spiro atoms. The summed E-state index contributed by atoms with van der Waals surface area (Å²) in [4.78, 5) is 40.5. The molecule has 0 unspecified atom stereocenters. The molecule has 1 saturated carbocycles. The van der Waals surface area contributed by atoms with Crippen molar-refractivity contribution in [2.45, 2.75) is 70.4 Å². The number of nitrogens with zero attached hydrogens (tertiary/aromatic N) is 1. The number of Topliss-reactive ketones (excluding diaryl/α,β-unsaturated/α-hetero) is 1. The van der Waals surface area contributed by atoms with Crippen molar-refractivity contribution in [3.8, 4) is 0 Å². The highest BCUT2D eigenvalue weighted by Gasteiger charge is 2.59. The van der Waals surface area contributed by atoms with E-state index in [-0.39, 0.29) is 29.1 Å². The van der Waals surface area contributed by atoms with Crippen LogP contribution < -0.4 is 0 Å². The maximum absolute atomic E-state index is 13.6. The molecule has 2 amide bonds. The van der Waals surface area contributed by atoms with Gasteiger partial charge in [-0.25, -0.2) is 9.69 Å². The Labute approximate surface area is 168 Å². The number of rotatable bonds is 2. The second kappa shape index (κ2) is 7.14. The van der Waals surface area contributed by atoms with E-state index < -0.39 is 25.8 Å². The molecule has 0 N–H and O–H groups in total. The number of benzene rings is 1. The molecule has 152 valence electrons. The third-order valence-electron chi connectivity index (χ3n) is 5.86. The van der Waals surface area contributed by atoms with E-state index in [1.807, 2.05) is 30.3 Å². The fourth-order valence-corrected chi connectivity index (χ4v) is 7.01. The highest BCUT2D eigenvalue weighted by Crippen LogP contribution is 2.54. The summed E-state index contributed by atoms with van der Waals surface area (Å²) in [5, 5.41) is 0. The molecule has 6 heteroatoms. The Morgan fingerprint density at radius 1 is 1.07 bits per heavy atom. The van der Waals surface area contributed by atoms with Gasteiger partial charge in [-0.3, -0.25) is 9.59 Å². The van der Waals surface area contributed by atoms with Gasteiger partial charge in [-0.15, -0.1) is 0 Å². The average Bonchev–Trinajstić information content (AvgIpc) is 2.85. The fraction of sp³-hybridized carbons (Fsp3) is 0.591. The number of fused-ring (bicyclic) bond motifs is 1. The van der Waals surface area contributed by atoms with Gasteiger partial charge < -0.3 is 4.74 Å². The quantitative estimate of drug-likeness (QED) is 0.667. The van der Waals surface area contributed by atoms with Crippen LogP contribution in [0.4, 0.5) is 4.79 Å². The van der Waals surface area contributed by atoms with Crippen molar-refractivity contribution in [1.29, 1.82) is 0 Å². The molecule has 1 aliphatic heterocycles. The van der Waals surface area contributed by atoms with Gasteiger partial charge in [0.2, 0.25) is 5.91 Å². The molecule has 28 heavy (non-hydrogen) atoms. The summed E-state index contributed by atoms with van der Waals surface area (Å²) in [5.41, 5.74) is 0.239. The topological polar surface area (TPSA) is 63.7 Å². The second-order valence-electron chi connectivity index (χ2n) is 10.2. The molecule has 1 aromatic carbocycles. The van der Waals surface area contributed by atoms with E-state index in [4.69, 9.17) is 4.74 Å². The van der Waals surface area contributed by atoms with Gasteiger partial charge in [-0.1, -0.05) is 50.0 Å². The van der Waals surface area contributed by atoms with Crippen molar-refractivity contribution in [1.82, 2.24) is 4.90 Å². The summed E-state index contributed by atoms with van der Waals surface area (Å²) in [5.74, 6) is -0.441. The number of hydrogen-bond acceptors (Lipinski definition) is 4. The molecular formula is C22H31NO4Si. The SMILES string of the molecule is CC(C)(C)OC(=O)N1C(=O)[C@H]2[C@H](CC(=O)C[C@@H]2[Si](C)(C)C)[C@H]1c1ccccc1. The number of carbonyl (C=O) groups is 3. The summed E-state index contributed by atoms with van der Waals surface area (Å²) >= 11 is 0. The van der Waals surface area contributed by atoms with Crippen LogP contribution in [0.5, 0.6) is 0 Å². The van der Waals surface area contributed by atoms with Crippen LogP contribution in [0.25, 0.3) is 0 Å². The normalized spacial score (nSPS) is 28.3. The Bertz CT molecular complexity index is 778. The zero-order valence-electron chi connectivity index (χ0n) is 17.7. The van der Waals surface area contributed by atoms with E-state index in [2.05, 4.69) is 19.6 Å². The monoisotopic (exact) mass is 401 g/mol. The highest BCUT2D eigenvalue weighted by atomic mass is 28.3. The van der Waals surface area contributed by atoms with Crippen molar-refractivity contribution in [3.63, 3.8) is 0 Å². The summed E-state index contributed by atoms with van der Waals surface area (Å²) in [6.45, 7) is 12.0. The van der Waals surface area contributed by atoms with E-state index >= 15 is 0 Å². The van der Waals surface area contributed by atoms with Gasteiger partial charge >= 0.3 is 6.09 Å². The van der Waals surface area contributed by atoms with E-state index in [1.54, 1.807) is 20.8 Å². The molecule has 2 aliphatic rings. The first-order valence-corrected chi connectivity index (χ1v) is 13.6. The molecule has 0 bridgehead atoms. The van der Waals surface area contributed by atoms with Crippen LogP contribution in [-0.2, 0) is 14.3 Å². The van der Waals surface area contributed by atoms with Crippen LogP contribution in [0.15, 0.2) is 30.3 Å². The molecule has 1 aromatic rings. The van der Waals surface area contributed by atoms with Crippen molar-refractivity contribution >= 4 is 25.9 Å². The number of imide groups is 1. The molecule has 1 aliphatic carbocycles. The zero-order chi connectivity index (χ0) is 20.9. The zero-order valence-corrected chi connectivity index (χ0v) is 18.7. The van der Waals surface area contributed by atoms with Crippen molar-refractivity contribution in [2.24, 2.45) is 11.8 Å². The lowest BCUT2D eigenvalue weighted by atomic mass is 9.75. The first kappa shape index (κ1) is 20.8. The van der Waals surface area contributed by atoms with E-state index in [1.165, 1.54) is 4.90 Å². The maximum Gasteiger partial charge on any atom is 0.417 e. The number of carbonyl (C=O) groups excluding carboxylic acids is 3. The van der Waals surface area contributed by atoms with Crippen LogP contribution in [0, 0.1) is 11.8 Å². The number of ether oxygens (including phenoxy) is 1. The lowest BCUT2D eigenvalue weighted by Gasteiger charge is -2.39. The number of ketones is 1. The molecule has 0 radical (unpaired) electrons. The van der Waals surface area contributed by atoms with Gasteiger partial charge in [0.05, 0.1) is 6.04 Å². The third kappa shape index (κ3) is 3.92. The number of amides is 2. The van der Waals surface area contributed by atoms with Crippen LogP contribution in [-0.4, -0.2) is 36.4 Å². The summed E-state index contributed by atoms with van der Waals surface area (Å²) in [6, 6.07) is 9.13. The van der Waals surface area contributed by atoms with Crippen molar-refractivity contribution in [2.75, 3.05) is 0 Å². The predicted octanol–water partition coefficient (Wildman–Crippen LogP) is 4.81. The highest BCUT2D eigenvalue weighted by molar-refractivity contribution is 6.78. The molecule has 1 heterocycles. The largest absolute Gasteiger partial charge is 0.443 e. The smallest absolute Gasteiger partial charge is 0.417 e. The molecule has 1 saturated heterocycles. The Morgan fingerprint density at radius 2 is 1.68 bits per heavy atom. The minimum Gasteiger partial charge on any atom is -0.443 e. The van der Waals surface area contributed by atoms with Crippen LogP contribution >= 0.6 is 0 Å². The minimum atomic E-state index is -1.79. The number of hydrogen-bond donors (Lipinski definition) is 0. The molecule has 4 atom stereocenters. The average molecular weight is 402 g/mol. The van der Waals surface area contributed by atoms with Gasteiger partial charge in [0.1, 0.15) is 11.4 Å². The standard InChI is InChI=1S/C22H31NO4Si/c1-22(2,3)27-21(26)23-19(14-10-8-7-9-11-14)16-12-15(24)13-17(28(4,5)6)18(16)20(23)25/h7-11,16-19H,12-13H2,1-6H3/t16-,17-,18-,19+/m0/s1. The molecule has 3 rings (SSSR count). The third-order valence-corrected chi connectivity index (χ3v) is 8.64. The van der Waals surface area contributed by atoms with Crippen molar-refractivity contribution < 1.29 is 19.1 Å². The van der Waals surface area contributed by atoms with Crippen molar-refractivity contribution in [3.05, 3.63) is 35.9 Å². The molecule has 5 nitrogen and oxygen atoms in total. The van der Waals surface area contributed by atoms with Gasteiger partial charge in [-0.2, -0.15) is 0 Å². The van der Waals surface area contributed by atoms with E-state index in [9.17, 15) is 14.4 Å². The summed E-state index contributed by atoms with van der Waals surface area (Å²) in [6.07, 6.45) is 0.185. The minimum absolute atomic E-state index is 0.0462. The Kier molecular flexibility index (Phi) is 5.30. The fourth-order valence-electron chi connectivity index (χ4n) is 4.70. The van der Waals surface area contributed by atoms with E-state index in [0.717, 1.165) is 5.56 Å². The lowest BCUT2D eigenvalue weighted by Crippen LogP contribution is -2.44. The van der Waals surface area contributed by atoms with E-state index in [0.29, 0.717) is 12.8 Å². The molecule has 2 fully saturated rings. The van der Waals surface area contributed by atoms with Crippen LogP contribution in [0.2, 0.25) is 25.2 Å². The van der Waals surface area contributed by atoms with Gasteiger partial charge in [0.15, 0.2) is 0 Å². The van der Waals surface area contributed by atoms with Gasteiger partial charge in [-0.05, 0) is 31.9 Å². The molecule has 0 aromatic heterocycles. The Morgan fingerprint density at radius 3 is 2.21 bits per heavy atom. The Balaban J connectivity index is 2.09. The van der Waals surface area contributed by atoms with Crippen LogP contribution in [0.3, 0.4) is 0 Å². The van der Waals surface area contributed by atoms with Gasteiger partial charge in [0, 0.05) is 32.8 Å². The summed E-state index contributed by atoms with van der Waals surface area (Å²) in [7, 11) is -1.79. The first-order chi connectivity index (χ1) is 12.9. The molecular weight excluding hydrogens is 370 g/mol. The van der Waals surface area contributed by atoms with Crippen LogP contribution in [0.1, 0.15) is 45.2 Å². The maximum atomic E-state index is 13.6. The first-order valence-electron chi connectivity index (χ1n) is 10.0. The Hall–Kier alpha value is -1.95. The second-order valence-corrected chi connectivity index (χ2v) is 15.6.